The average molecular weight is 277 g/mol. The number of piperidine rings is 1. The maximum Gasteiger partial charge on any atom is 0.335 e. The summed E-state index contributed by atoms with van der Waals surface area (Å²) in [5, 5.41) is 14.4. The van der Waals surface area contributed by atoms with E-state index in [2.05, 4.69) is 22.6 Å². The predicted octanol–water partition coefficient (Wildman–Crippen LogP) is 1.60. The molecule has 1 aromatic rings. The molecule has 108 valence electrons. The first-order valence-electron chi connectivity index (χ1n) is 6.64. The summed E-state index contributed by atoms with van der Waals surface area (Å²) in [6.45, 7) is 1.97. The van der Waals surface area contributed by atoms with Crippen molar-refractivity contribution >= 4 is 17.7 Å². The molecule has 0 aromatic heterocycles. The van der Waals surface area contributed by atoms with Crippen molar-refractivity contribution in [3.63, 3.8) is 0 Å². The third kappa shape index (κ3) is 3.96. The van der Waals surface area contributed by atoms with Gasteiger partial charge in [-0.3, -0.25) is 0 Å². The van der Waals surface area contributed by atoms with Gasteiger partial charge in [-0.1, -0.05) is 0 Å². The van der Waals surface area contributed by atoms with Gasteiger partial charge in [0.1, 0.15) is 0 Å². The number of hydrogen-bond acceptors (Lipinski definition) is 3. The highest BCUT2D eigenvalue weighted by molar-refractivity contribution is 5.91. The number of likely N-dealkylation sites (tertiary alicyclic amines) is 1. The normalized spacial score (nSPS) is 16.6. The van der Waals surface area contributed by atoms with Gasteiger partial charge in [0.2, 0.25) is 0 Å². The number of anilines is 1. The van der Waals surface area contributed by atoms with E-state index in [-0.39, 0.29) is 17.6 Å². The standard InChI is InChI=1S/C14H19N3O3/c1-17-8-6-12(7-9-17)16-14(20)15-11-4-2-10(3-5-11)13(18)19/h2-5,12H,6-9H2,1H3,(H,18,19)(H2,15,16,20). The summed E-state index contributed by atoms with van der Waals surface area (Å²) in [4.78, 5) is 24.8. The van der Waals surface area contributed by atoms with Crippen LogP contribution in [-0.2, 0) is 0 Å². The minimum Gasteiger partial charge on any atom is -0.478 e. The van der Waals surface area contributed by atoms with Crippen LogP contribution in [0.15, 0.2) is 24.3 Å². The molecule has 0 atom stereocenters. The Balaban J connectivity index is 1.83. The lowest BCUT2D eigenvalue weighted by molar-refractivity contribution is 0.0697. The molecule has 1 aliphatic rings. The van der Waals surface area contributed by atoms with E-state index >= 15 is 0 Å². The first kappa shape index (κ1) is 14.3. The van der Waals surface area contributed by atoms with Gasteiger partial charge in [0.05, 0.1) is 5.56 Å². The third-order valence-corrected chi connectivity index (χ3v) is 3.44. The maximum atomic E-state index is 11.8. The molecule has 1 saturated heterocycles. The summed E-state index contributed by atoms with van der Waals surface area (Å²) in [6.07, 6.45) is 1.89. The van der Waals surface area contributed by atoms with Crippen LogP contribution in [0.2, 0.25) is 0 Å². The van der Waals surface area contributed by atoms with Crippen LogP contribution in [0.4, 0.5) is 10.5 Å². The second kappa shape index (κ2) is 6.38. The zero-order valence-corrected chi connectivity index (χ0v) is 11.4. The fourth-order valence-corrected chi connectivity index (χ4v) is 2.20. The SMILES string of the molecule is CN1CCC(NC(=O)Nc2ccc(C(=O)O)cc2)CC1. The molecular formula is C14H19N3O3. The zero-order chi connectivity index (χ0) is 14.5. The number of carboxylic acids is 1. The minimum absolute atomic E-state index is 0.199. The topological polar surface area (TPSA) is 81.7 Å². The third-order valence-electron chi connectivity index (χ3n) is 3.44. The molecular weight excluding hydrogens is 258 g/mol. The molecule has 0 aliphatic carbocycles. The number of benzene rings is 1. The van der Waals surface area contributed by atoms with E-state index in [9.17, 15) is 9.59 Å². The van der Waals surface area contributed by atoms with Crippen molar-refractivity contribution < 1.29 is 14.7 Å². The fraction of sp³-hybridized carbons (Fsp3) is 0.429. The van der Waals surface area contributed by atoms with Crippen molar-refractivity contribution in [2.45, 2.75) is 18.9 Å². The van der Waals surface area contributed by atoms with Crippen LogP contribution in [0.1, 0.15) is 23.2 Å². The quantitative estimate of drug-likeness (QED) is 0.784. The van der Waals surface area contributed by atoms with Crippen molar-refractivity contribution in [1.29, 1.82) is 0 Å². The second-order valence-electron chi connectivity index (χ2n) is 5.06. The number of amides is 2. The van der Waals surface area contributed by atoms with Crippen molar-refractivity contribution in [1.82, 2.24) is 10.2 Å². The van der Waals surface area contributed by atoms with Gasteiger partial charge in [0.25, 0.3) is 0 Å². The van der Waals surface area contributed by atoms with Crippen molar-refractivity contribution in [3.05, 3.63) is 29.8 Å². The van der Waals surface area contributed by atoms with Gasteiger partial charge in [-0.15, -0.1) is 0 Å². The first-order valence-corrected chi connectivity index (χ1v) is 6.64. The Morgan fingerprint density at radius 3 is 2.35 bits per heavy atom. The van der Waals surface area contributed by atoms with Gasteiger partial charge in [-0.25, -0.2) is 9.59 Å². The van der Waals surface area contributed by atoms with Crippen LogP contribution in [0.25, 0.3) is 0 Å². The Bertz CT molecular complexity index is 479. The van der Waals surface area contributed by atoms with Crippen LogP contribution < -0.4 is 10.6 Å². The first-order chi connectivity index (χ1) is 9.54. The lowest BCUT2D eigenvalue weighted by atomic mass is 10.1. The van der Waals surface area contributed by atoms with Crippen molar-refractivity contribution in [2.24, 2.45) is 0 Å². The summed E-state index contributed by atoms with van der Waals surface area (Å²) in [5.41, 5.74) is 0.784. The summed E-state index contributed by atoms with van der Waals surface area (Å²) >= 11 is 0. The molecule has 0 bridgehead atoms. The molecule has 0 unspecified atom stereocenters. The lowest BCUT2D eigenvalue weighted by Gasteiger charge is -2.29. The van der Waals surface area contributed by atoms with E-state index in [4.69, 9.17) is 5.11 Å². The number of urea groups is 1. The molecule has 1 heterocycles. The Morgan fingerprint density at radius 2 is 1.80 bits per heavy atom. The molecule has 0 radical (unpaired) electrons. The molecule has 3 N–H and O–H groups in total. The van der Waals surface area contributed by atoms with Gasteiger partial charge >= 0.3 is 12.0 Å². The lowest BCUT2D eigenvalue weighted by Crippen LogP contribution is -2.44. The average Bonchev–Trinajstić information content (AvgIpc) is 2.42. The van der Waals surface area contributed by atoms with Gasteiger partial charge in [0.15, 0.2) is 0 Å². The van der Waals surface area contributed by atoms with Gasteiger partial charge in [0, 0.05) is 11.7 Å². The maximum absolute atomic E-state index is 11.8. The van der Waals surface area contributed by atoms with Crippen molar-refractivity contribution in [3.8, 4) is 0 Å². The van der Waals surface area contributed by atoms with Crippen LogP contribution in [0.3, 0.4) is 0 Å². The highest BCUT2D eigenvalue weighted by atomic mass is 16.4. The molecule has 20 heavy (non-hydrogen) atoms. The molecule has 2 rings (SSSR count). The molecule has 0 saturated carbocycles. The van der Waals surface area contributed by atoms with E-state index in [0.29, 0.717) is 5.69 Å². The van der Waals surface area contributed by atoms with E-state index in [1.807, 2.05) is 0 Å². The Labute approximate surface area is 117 Å². The Hall–Kier alpha value is -2.08. The van der Waals surface area contributed by atoms with E-state index in [1.54, 1.807) is 12.1 Å². The molecule has 0 spiro atoms. The number of nitrogens with one attached hydrogen (secondary N) is 2. The highest BCUT2D eigenvalue weighted by Gasteiger charge is 2.18. The van der Waals surface area contributed by atoms with Gasteiger partial charge in [-0.05, 0) is 57.2 Å². The fourth-order valence-electron chi connectivity index (χ4n) is 2.20. The number of carboxylic acid groups (broad SMARTS) is 1. The smallest absolute Gasteiger partial charge is 0.335 e. The number of rotatable bonds is 3. The monoisotopic (exact) mass is 277 g/mol. The minimum atomic E-state index is -0.979. The highest BCUT2D eigenvalue weighted by Crippen LogP contribution is 2.11. The van der Waals surface area contributed by atoms with E-state index < -0.39 is 5.97 Å². The van der Waals surface area contributed by atoms with Crippen LogP contribution in [0, 0.1) is 0 Å². The summed E-state index contributed by atoms with van der Waals surface area (Å²) in [7, 11) is 2.07. The predicted molar refractivity (Wildman–Crippen MR) is 76.1 cm³/mol. The summed E-state index contributed by atoms with van der Waals surface area (Å²) in [5.74, 6) is -0.979. The zero-order valence-electron chi connectivity index (χ0n) is 11.4. The van der Waals surface area contributed by atoms with Gasteiger partial charge < -0.3 is 20.6 Å². The molecule has 6 nitrogen and oxygen atoms in total. The molecule has 1 fully saturated rings. The molecule has 2 amide bonds. The summed E-state index contributed by atoms with van der Waals surface area (Å²) < 4.78 is 0. The van der Waals surface area contributed by atoms with Crippen LogP contribution in [-0.4, -0.2) is 48.2 Å². The van der Waals surface area contributed by atoms with Crippen LogP contribution >= 0.6 is 0 Å². The number of aromatic carboxylic acids is 1. The molecule has 1 aliphatic heterocycles. The number of nitrogens with zero attached hydrogens (tertiary/aromatic N) is 1. The summed E-state index contributed by atoms with van der Waals surface area (Å²) in [6, 6.07) is 6.04. The molecule has 1 aromatic carbocycles. The van der Waals surface area contributed by atoms with E-state index in [1.165, 1.54) is 12.1 Å². The number of carbonyl (C=O) groups excluding carboxylic acids is 1. The second-order valence-corrected chi connectivity index (χ2v) is 5.06. The molecule has 6 heteroatoms. The largest absolute Gasteiger partial charge is 0.478 e. The Kier molecular flexibility index (Phi) is 4.57. The van der Waals surface area contributed by atoms with Crippen molar-refractivity contribution in [2.75, 3.05) is 25.5 Å². The number of carbonyl (C=O) groups is 2. The van der Waals surface area contributed by atoms with E-state index in [0.717, 1.165) is 25.9 Å². The Morgan fingerprint density at radius 1 is 1.20 bits per heavy atom. The van der Waals surface area contributed by atoms with Crippen LogP contribution in [0.5, 0.6) is 0 Å². The number of hydrogen-bond donors (Lipinski definition) is 3. The van der Waals surface area contributed by atoms with Gasteiger partial charge in [-0.2, -0.15) is 0 Å².